The standard InChI is InChI=1S/C25H22N4O6/c30-25(27-13-11-26(12-14-27)20-6-2-1-3-7-20)10-9-19-5-4-8-23(15-19)35-24-17-21(28(31)32)16-22(18-24)29(33)34/h1-10,15-18H,11-14H2. The number of nitro groups is 2. The number of benzene rings is 3. The third-order valence-corrected chi connectivity index (χ3v) is 5.52. The molecule has 1 saturated heterocycles. The minimum absolute atomic E-state index is 0.0283. The van der Waals surface area contributed by atoms with Gasteiger partial charge in [-0.25, -0.2) is 0 Å². The average Bonchev–Trinajstić information content (AvgIpc) is 2.88. The van der Waals surface area contributed by atoms with Crippen LogP contribution in [-0.4, -0.2) is 46.8 Å². The predicted molar refractivity (Wildman–Crippen MR) is 131 cm³/mol. The molecule has 3 aromatic rings. The molecule has 1 aliphatic rings. The van der Waals surface area contributed by atoms with Crippen LogP contribution in [0.15, 0.2) is 78.9 Å². The molecule has 0 N–H and O–H groups in total. The van der Waals surface area contributed by atoms with E-state index in [0.29, 0.717) is 24.4 Å². The molecule has 0 atom stereocenters. The number of ether oxygens (including phenoxy) is 1. The number of para-hydroxylation sites is 1. The van der Waals surface area contributed by atoms with Gasteiger partial charge in [0.1, 0.15) is 11.5 Å². The van der Waals surface area contributed by atoms with Crippen molar-refractivity contribution in [1.29, 1.82) is 0 Å². The number of hydrogen-bond acceptors (Lipinski definition) is 7. The van der Waals surface area contributed by atoms with Crippen molar-refractivity contribution < 1.29 is 19.4 Å². The van der Waals surface area contributed by atoms with Crippen LogP contribution in [0.25, 0.3) is 6.08 Å². The number of rotatable bonds is 7. The maximum atomic E-state index is 12.7. The minimum atomic E-state index is -0.718. The number of amides is 1. The molecule has 0 saturated carbocycles. The van der Waals surface area contributed by atoms with E-state index in [1.807, 2.05) is 18.2 Å². The summed E-state index contributed by atoms with van der Waals surface area (Å²) in [4.78, 5) is 37.4. The first-order valence-electron chi connectivity index (χ1n) is 10.9. The van der Waals surface area contributed by atoms with Crippen molar-refractivity contribution in [2.45, 2.75) is 0 Å². The quantitative estimate of drug-likeness (QED) is 0.278. The highest BCUT2D eigenvalue weighted by Gasteiger charge is 2.20. The van der Waals surface area contributed by atoms with Crippen LogP contribution in [0.1, 0.15) is 5.56 Å². The average molecular weight is 474 g/mol. The molecule has 0 radical (unpaired) electrons. The lowest BCUT2D eigenvalue weighted by Gasteiger charge is -2.35. The second-order valence-corrected chi connectivity index (χ2v) is 7.86. The van der Waals surface area contributed by atoms with Crippen molar-refractivity contribution in [3.63, 3.8) is 0 Å². The molecule has 10 heteroatoms. The van der Waals surface area contributed by atoms with E-state index in [0.717, 1.165) is 37.0 Å². The highest BCUT2D eigenvalue weighted by atomic mass is 16.6. The molecule has 1 amide bonds. The van der Waals surface area contributed by atoms with Crippen LogP contribution in [0.2, 0.25) is 0 Å². The molecule has 3 aromatic carbocycles. The predicted octanol–water partition coefficient (Wildman–Crippen LogP) is 4.66. The van der Waals surface area contributed by atoms with Crippen LogP contribution in [0.5, 0.6) is 11.5 Å². The van der Waals surface area contributed by atoms with Crippen molar-refractivity contribution in [3.05, 3.63) is 105 Å². The molecule has 0 spiro atoms. The van der Waals surface area contributed by atoms with E-state index in [1.165, 1.54) is 6.08 Å². The molecule has 178 valence electrons. The van der Waals surface area contributed by atoms with Crippen molar-refractivity contribution in [2.75, 3.05) is 31.1 Å². The Kier molecular flexibility index (Phi) is 7.01. The lowest BCUT2D eigenvalue weighted by molar-refractivity contribution is -0.394. The Morgan fingerprint density at radius 1 is 0.800 bits per heavy atom. The highest BCUT2D eigenvalue weighted by molar-refractivity contribution is 5.92. The SMILES string of the molecule is O=C(C=Cc1cccc(Oc2cc([N+](=O)[O-])cc([N+](=O)[O-])c2)c1)N1CCN(c2ccccc2)CC1. The van der Waals surface area contributed by atoms with Gasteiger partial charge in [-0.3, -0.25) is 25.0 Å². The van der Waals surface area contributed by atoms with E-state index >= 15 is 0 Å². The topological polar surface area (TPSA) is 119 Å². The van der Waals surface area contributed by atoms with Gasteiger partial charge in [0.05, 0.1) is 28.0 Å². The Hall–Kier alpha value is -4.73. The van der Waals surface area contributed by atoms with Crippen LogP contribution in [0.4, 0.5) is 17.1 Å². The maximum Gasteiger partial charge on any atom is 0.280 e. The monoisotopic (exact) mass is 474 g/mol. The molecule has 10 nitrogen and oxygen atoms in total. The first-order chi connectivity index (χ1) is 16.9. The molecule has 0 aromatic heterocycles. The highest BCUT2D eigenvalue weighted by Crippen LogP contribution is 2.31. The van der Waals surface area contributed by atoms with Gasteiger partial charge in [-0.2, -0.15) is 0 Å². The Morgan fingerprint density at radius 3 is 2.09 bits per heavy atom. The third-order valence-electron chi connectivity index (χ3n) is 5.52. The lowest BCUT2D eigenvalue weighted by Crippen LogP contribution is -2.48. The summed E-state index contributed by atoms with van der Waals surface area (Å²) in [6.07, 6.45) is 3.16. The molecule has 1 aliphatic heterocycles. The first-order valence-corrected chi connectivity index (χ1v) is 10.9. The number of piperazine rings is 1. The van der Waals surface area contributed by atoms with Crippen LogP contribution in [0.3, 0.4) is 0 Å². The Labute approximate surface area is 201 Å². The number of anilines is 1. The molecular weight excluding hydrogens is 452 g/mol. The third kappa shape index (κ3) is 5.99. The number of nitrogens with zero attached hydrogens (tertiary/aromatic N) is 4. The Bertz CT molecular complexity index is 1240. The summed E-state index contributed by atoms with van der Waals surface area (Å²) in [7, 11) is 0. The van der Waals surface area contributed by atoms with E-state index < -0.39 is 21.2 Å². The number of carbonyl (C=O) groups is 1. The molecule has 1 heterocycles. The van der Waals surface area contributed by atoms with E-state index in [9.17, 15) is 25.0 Å². The fourth-order valence-electron chi connectivity index (χ4n) is 3.75. The fraction of sp³-hybridized carbons (Fsp3) is 0.160. The molecule has 0 aliphatic carbocycles. The van der Waals surface area contributed by atoms with Gasteiger partial charge in [0.25, 0.3) is 11.4 Å². The summed E-state index contributed by atoms with van der Waals surface area (Å²) < 4.78 is 5.63. The van der Waals surface area contributed by atoms with Crippen LogP contribution in [-0.2, 0) is 4.79 Å². The molecule has 0 bridgehead atoms. The normalized spacial score (nSPS) is 13.6. The van der Waals surface area contributed by atoms with E-state index in [2.05, 4.69) is 17.0 Å². The van der Waals surface area contributed by atoms with E-state index in [4.69, 9.17) is 4.74 Å². The lowest BCUT2D eigenvalue weighted by atomic mass is 10.2. The van der Waals surface area contributed by atoms with Gasteiger partial charge in [-0.05, 0) is 35.9 Å². The van der Waals surface area contributed by atoms with Crippen molar-refractivity contribution >= 4 is 29.0 Å². The molecule has 35 heavy (non-hydrogen) atoms. The summed E-state index contributed by atoms with van der Waals surface area (Å²) in [5, 5.41) is 22.2. The van der Waals surface area contributed by atoms with Crippen LogP contribution >= 0.6 is 0 Å². The summed E-state index contributed by atoms with van der Waals surface area (Å²) in [5.41, 5.74) is 0.936. The summed E-state index contributed by atoms with van der Waals surface area (Å²) in [6.45, 7) is 2.74. The minimum Gasteiger partial charge on any atom is -0.457 e. The Morgan fingerprint density at radius 2 is 1.46 bits per heavy atom. The Balaban J connectivity index is 1.40. The first kappa shape index (κ1) is 23.4. The summed E-state index contributed by atoms with van der Waals surface area (Å²) in [5.74, 6) is 0.198. The molecule has 0 unspecified atom stereocenters. The maximum absolute atomic E-state index is 12.7. The molecular formula is C25H22N4O6. The van der Waals surface area contributed by atoms with Gasteiger partial charge in [-0.15, -0.1) is 0 Å². The van der Waals surface area contributed by atoms with E-state index in [1.54, 1.807) is 35.2 Å². The van der Waals surface area contributed by atoms with Crippen molar-refractivity contribution in [3.8, 4) is 11.5 Å². The second-order valence-electron chi connectivity index (χ2n) is 7.86. The zero-order valence-electron chi connectivity index (χ0n) is 18.6. The molecule has 1 fully saturated rings. The zero-order valence-corrected chi connectivity index (χ0v) is 18.6. The van der Waals surface area contributed by atoms with Gasteiger partial charge in [0.2, 0.25) is 5.91 Å². The molecule has 4 rings (SSSR count). The van der Waals surface area contributed by atoms with Gasteiger partial charge in [0.15, 0.2) is 0 Å². The zero-order chi connectivity index (χ0) is 24.8. The number of non-ortho nitro benzene ring substituents is 2. The number of nitro benzene ring substituents is 2. The summed E-state index contributed by atoms with van der Waals surface area (Å²) >= 11 is 0. The fourth-order valence-corrected chi connectivity index (χ4v) is 3.75. The van der Waals surface area contributed by atoms with Crippen molar-refractivity contribution in [2.24, 2.45) is 0 Å². The van der Waals surface area contributed by atoms with Gasteiger partial charge < -0.3 is 14.5 Å². The smallest absolute Gasteiger partial charge is 0.280 e. The van der Waals surface area contributed by atoms with Gasteiger partial charge >= 0.3 is 0 Å². The largest absolute Gasteiger partial charge is 0.457 e. The van der Waals surface area contributed by atoms with Crippen LogP contribution < -0.4 is 9.64 Å². The second kappa shape index (κ2) is 10.5. The van der Waals surface area contributed by atoms with E-state index in [-0.39, 0.29) is 11.7 Å². The van der Waals surface area contributed by atoms with Crippen molar-refractivity contribution in [1.82, 2.24) is 4.90 Å². The van der Waals surface area contributed by atoms with Gasteiger partial charge in [0, 0.05) is 37.9 Å². The van der Waals surface area contributed by atoms with Crippen LogP contribution in [0, 0.1) is 20.2 Å². The van der Waals surface area contributed by atoms with Gasteiger partial charge in [-0.1, -0.05) is 30.3 Å². The number of carbonyl (C=O) groups excluding carboxylic acids is 1. The summed E-state index contributed by atoms with van der Waals surface area (Å²) in [6, 6.07) is 19.9. The number of hydrogen-bond donors (Lipinski definition) is 0.